The van der Waals surface area contributed by atoms with Gasteiger partial charge in [-0.25, -0.2) is 9.98 Å². The Morgan fingerprint density at radius 3 is 0.958 bits per heavy atom. The number of thioether (sulfide) groups is 2. The summed E-state index contributed by atoms with van der Waals surface area (Å²) in [5.41, 5.74) is 2.08. The van der Waals surface area contributed by atoms with Crippen molar-refractivity contribution in [3.63, 3.8) is 0 Å². The van der Waals surface area contributed by atoms with Gasteiger partial charge in [0.25, 0.3) is 0 Å². The first-order chi connectivity index (χ1) is 23.6. The molecule has 1 aliphatic heterocycles. The van der Waals surface area contributed by atoms with Gasteiger partial charge in [0.1, 0.15) is 26.2 Å². The summed E-state index contributed by atoms with van der Waals surface area (Å²) in [6, 6.07) is 61.6. The molecule has 7 rings (SSSR count). The van der Waals surface area contributed by atoms with Gasteiger partial charge in [0.15, 0.2) is 0 Å². The molecule has 0 N–H and O–H groups in total. The molecule has 0 spiro atoms. The number of nitrogens with zero attached hydrogens (tertiary/aromatic N) is 2. The largest absolute Gasteiger partial charge is 0.239 e. The number of benzene rings is 6. The summed E-state index contributed by atoms with van der Waals surface area (Å²) >= 11 is 3.66. The van der Waals surface area contributed by atoms with Crippen LogP contribution >= 0.6 is 23.5 Å². The predicted molar refractivity (Wildman–Crippen MR) is 219 cm³/mol. The smallest absolute Gasteiger partial charge is 0.148 e. The van der Waals surface area contributed by atoms with Crippen LogP contribution in [0.15, 0.2) is 180 Å². The van der Waals surface area contributed by atoms with Crippen molar-refractivity contribution in [3.05, 3.63) is 170 Å². The van der Waals surface area contributed by atoms with Crippen molar-refractivity contribution < 1.29 is 0 Å². The standard InChI is InChI=1S/C42H38N2S2Si2/c1-47(33-19-7-3-8-20-33,34-21-9-4-10-22-34)39-29-17-15-27-37(39)43-41-42(46-32-31-45-41)44-38-28-16-18-30-40(38)48(2,35-23-11-5-12-24-35)36-25-13-6-14-26-36/h3-30H,31-32H2,1-2H3. The van der Waals surface area contributed by atoms with Gasteiger partial charge in [0.05, 0.1) is 11.4 Å². The van der Waals surface area contributed by atoms with E-state index < -0.39 is 16.1 Å². The van der Waals surface area contributed by atoms with Crippen LogP contribution in [0.25, 0.3) is 0 Å². The Morgan fingerprint density at radius 2 is 0.646 bits per heavy atom. The lowest BCUT2D eigenvalue weighted by atomic mass is 10.3. The Balaban J connectivity index is 1.37. The van der Waals surface area contributed by atoms with Crippen LogP contribution in [0, 0.1) is 0 Å². The maximum Gasteiger partial charge on any atom is 0.148 e. The van der Waals surface area contributed by atoms with Gasteiger partial charge in [0.2, 0.25) is 0 Å². The zero-order chi connectivity index (χ0) is 32.8. The zero-order valence-corrected chi connectivity index (χ0v) is 30.9. The Kier molecular flexibility index (Phi) is 9.77. The van der Waals surface area contributed by atoms with E-state index in [1.165, 1.54) is 31.1 Å². The Labute approximate surface area is 295 Å². The maximum atomic E-state index is 5.49. The summed E-state index contributed by atoms with van der Waals surface area (Å²) in [5.74, 6) is 2.03. The molecular weight excluding hydrogens is 653 g/mol. The first-order valence-electron chi connectivity index (χ1n) is 16.4. The SMILES string of the molecule is C[Si](c1ccccc1)(c1ccccc1)c1ccccc1N=C1SCCSC1=Nc1ccccc1[Si](C)(c1ccccc1)c1ccccc1. The third-order valence-corrected chi connectivity index (χ3v) is 20.8. The molecule has 1 fully saturated rings. The molecular formula is C42H38N2S2Si2. The van der Waals surface area contributed by atoms with Gasteiger partial charge < -0.3 is 0 Å². The van der Waals surface area contributed by atoms with Crippen LogP contribution in [0.3, 0.4) is 0 Å². The number of rotatable bonds is 8. The molecule has 1 heterocycles. The summed E-state index contributed by atoms with van der Waals surface area (Å²) in [4.78, 5) is 11.0. The van der Waals surface area contributed by atoms with Crippen LogP contribution in [0.5, 0.6) is 0 Å². The van der Waals surface area contributed by atoms with Crippen molar-refractivity contribution in [2.24, 2.45) is 9.98 Å². The molecule has 2 nitrogen and oxygen atoms in total. The van der Waals surface area contributed by atoms with E-state index in [1.807, 2.05) is 23.5 Å². The van der Waals surface area contributed by atoms with E-state index in [9.17, 15) is 0 Å². The van der Waals surface area contributed by atoms with E-state index in [0.717, 1.165) is 33.0 Å². The van der Waals surface area contributed by atoms with Crippen molar-refractivity contribution in [2.45, 2.75) is 13.1 Å². The van der Waals surface area contributed by atoms with E-state index in [2.05, 4.69) is 183 Å². The van der Waals surface area contributed by atoms with Gasteiger partial charge >= 0.3 is 0 Å². The monoisotopic (exact) mass is 690 g/mol. The number of para-hydroxylation sites is 2. The highest BCUT2D eigenvalue weighted by Crippen LogP contribution is 2.29. The molecule has 0 saturated carbocycles. The highest BCUT2D eigenvalue weighted by atomic mass is 32.2. The van der Waals surface area contributed by atoms with E-state index in [1.54, 1.807) is 0 Å². The van der Waals surface area contributed by atoms with Crippen LogP contribution in [0.2, 0.25) is 13.1 Å². The second kappa shape index (κ2) is 14.5. The number of hydrogen-bond donors (Lipinski definition) is 0. The van der Waals surface area contributed by atoms with Gasteiger partial charge in [-0.1, -0.05) is 171 Å². The quantitative estimate of drug-likeness (QED) is 0.126. The minimum atomic E-state index is -2.37. The lowest BCUT2D eigenvalue weighted by Crippen LogP contribution is -2.64. The van der Waals surface area contributed by atoms with Crippen molar-refractivity contribution >= 4 is 92.3 Å². The number of aliphatic imine (C=N–C) groups is 2. The van der Waals surface area contributed by atoms with Crippen molar-refractivity contribution in [2.75, 3.05) is 11.5 Å². The van der Waals surface area contributed by atoms with Crippen LogP contribution in [-0.2, 0) is 0 Å². The highest BCUT2D eigenvalue weighted by Gasteiger charge is 2.37. The van der Waals surface area contributed by atoms with E-state index in [-0.39, 0.29) is 0 Å². The van der Waals surface area contributed by atoms with Crippen LogP contribution in [0.1, 0.15) is 0 Å². The molecule has 0 radical (unpaired) electrons. The molecule has 0 unspecified atom stereocenters. The minimum absolute atomic E-state index is 1.01. The first-order valence-corrected chi connectivity index (χ1v) is 23.4. The molecule has 0 aliphatic carbocycles. The van der Waals surface area contributed by atoms with Crippen LogP contribution in [-0.4, -0.2) is 37.7 Å². The van der Waals surface area contributed by atoms with E-state index in [4.69, 9.17) is 9.98 Å². The lowest BCUT2D eigenvalue weighted by Gasteiger charge is -2.31. The van der Waals surface area contributed by atoms with Gasteiger partial charge in [-0.2, -0.15) is 0 Å². The molecule has 6 aromatic rings. The van der Waals surface area contributed by atoms with Gasteiger partial charge in [-0.15, -0.1) is 23.5 Å². The molecule has 0 bridgehead atoms. The first kappa shape index (κ1) is 32.3. The second-order valence-electron chi connectivity index (χ2n) is 12.3. The Morgan fingerprint density at radius 1 is 0.375 bits per heavy atom. The molecule has 48 heavy (non-hydrogen) atoms. The van der Waals surface area contributed by atoms with Crippen molar-refractivity contribution in [1.82, 2.24) is 0 Å². The predicted octanol–water partition coefficient (Wildman–Crippen LogP) is 7.13. The lowest BCUT2D eigenvalue weighted by molar-refractivity contribution is 1.52. The van der Waals surface area contributed by atoms with E-state index >= 15 is 0 Å². The molecule has 0 atom stereocenters. The van der Waals surface area contributed by atoms with Gasteiger partial charge in [-0.3, -0.25) is 0 Å². The third kappa shape index (κ3) is 6.33. The third-order valence-electron chi connectivity index (χ3n) is 9.48. The molecule has 0 aromatic heterocycles. The molecule has 6 heteroatoms. The summed E-state index contributed by atoms with van der Waals surface area (Å²) in [7, 11) is -4.74. The number of hydrogen-bond acceptors (Lipinski definition) is 4. The van der Waals surface area contributed by atoms with Crippen molar-refractivity contribution in [1.29, 1.82) is 0 Å². The molecule has 1 saturated heterocycles. The van der Waals surface area contributed by atoms with E-state index in [0.29, 0.717) is 0 Å². The average Bonchev–Trinajstić information content (AvgIpc) is 3.17. The highest BCUT2D eigenvalue weighted by molar-refractivity contribution is 8.27. The maximum absolute atomic E-state index is 5.49. The Hall–Kier alpha value is -4.21. The average molecular weight is 691 g/mol. The van der Waals surface area contributed by atoms with Crippen LogP contribution < -0.4 is 31.1 Å². The Bertz CT molecular complexity index is 1820. The topological polar surface area (TPSA) is 24.7 Å². The van der Waals surface area contributed by atoms with Crippen LogP contribution in [0.4, 0.5) is 11.4 Å². The zero-order valence-electron chi connectivity index (χ0n) is 27.3. The fourth-order valence-electron chi connectivity index (χ4n) is 6.81. The minimum Gasteiger partial charge on any atom is -0.239 e. The molecule has 6 aromatic carbocycles. The summed E-state index contributed by atoms with van der Waals surface area (Å²) in [6.45, 7) is 4.92. The molecule has 236 valence electrons. The fourth-order valence-corrected chi connectivity index (χ4v) is 16.4. The summed E-state index contributed by atoms with van der Waals surface area (Å²) < 4.78 is 0. The second-order valence-corrected chi connectivity index (χ2v) is 22.3. The summed E-state index contributed by atoms with van der Waals surface area (Å²) in [6.07, 6.45) is 0. The van der Waals surface area contributed by atoms with Gasteiger partial charge in [0, 0.05) is 11.5 Å². The van der Waals surface area contributed by atoms with Crippen molar-refractivity contribution in [3.8, 4) is 0 Å². The van der Waals surface area contributed by atoms with Gasteiger partial charge in [-0.05, 0) is 43.3 Å². The normalized spacial score (nSPS) is 15.5. The summed E-state index contributed by atoms with van der Waals surface area (Å²) in [5, 5.41) is 10.2. The molecule has 0 amide bonds. The fraction of sp³-hybridized carbons (Fsp3) is 0.0952. The molecule has 1 aliphatic rings.